The number of ketones is 1. The third kappa shape index (κ3) is 3.79. The molecule has 5 nitrogen and oxygen atoms in total. The van der Waals surface area contributed by atoms with Gasteiger partial charge in [-0.15, -0.1) is 0 Å². The van der Waals surface area contributed by atoms with E-state index in [2.05, 4.69) is 34.6 Å². The summed E-state index contributed by atoms with van der Waals surface area (Å²) < 4.78 is 11.6. The quantitative estimate of drug-likeness (QED) is 0.362. The summed E-state index contributed by atoms with van der Waals surface area (Å²) in [5.41, 5.74) is 0.532. The van der Waals surface area contributed by atoms with Crippen LogP contribution in [0.4, 0.5) is 0 Å². The molecule has 0 heterocycles. The van der Waals surface area contributed by atoms with Gasteiger partial charge in [-0.2, -0.15) is 0 Å². The number of Topliss-reactive ketones (excluding diaryl/α,β-unsaturated/α-hetero) is 1. The summed E-state index contributed by atoms with van der Waals surface area (Å²) in [4.78, 5) is 36.8. The average Bonchev–Trinajstić information content (AvgIpc) is 3.20. The number of esters is 2. The Labute approximate surface area is 230 Å². The van der Waals surface area contributed by atoms with Crippen molar-refractivity contribution in [2.45, 2.75) is 126 Å². The van der Waals surface area contributed by atoms with E-state index in [1.807, 2.05) is 0 Å². The standard InChI is InChI=1S/C33H52O5/c1-20(34)23-11-16-33(19-37-21(2)35)18-17-31(7)24(28(23)33)9-10-26-30(6)14-13-27(38-22(3)36)29(4,5)25(30)12-15-32(26,31)8/h23-28H,9-19H2,1-8H3. The Morgan fingerprint density at radius 2 is 1.42 bits per heavy atom. The highest BCUT2D eigenvalue weighted by Crippen LogP contribution is 2.77. The normalized spacial score (nSPS) is 49.1. The minimum absolute atomic E-state index is 0.000688. The maximum absolute atomic E-state index is 13.0. The van der Waals surface area contributed by atoms with Crippen LogP contribution in [0, 0.1) is 56.7 Å². The molecule has 214 valence electrons. The van der Waals surface area contributed by atoms with E-state index in [4.69, 9.17) is 9.47 Å². The lowest BCUT2D eigenvalue weighted by Gasteiger charge is -2.73. The predicted octanol–water partition coefficient (Wildman–Crippen LogP) is 7.15. The Morgan fingerprint density at radius 3 is 2.05 bits per heavy atom. The van der Waals surface area contributed by atoms with Gasteiger partial charge in [-0.05, 0) is 111 Å². The lowest BCUT2D eigenvalue weighted by Crippen LogP contribution is -2.67. The molecule has 0 N–H and O–H groups in total. The fourth-order valence-electron chi connectivity index (χ4n) is 12.1. The summed E-state index contributed by atoms with van der Waals surface area (Å²) in [6.45, 7) is 17.8. The number of carbonyl (C=O) groups excluding carboxylic acids is 3. The third-order valence-electron chi connectivity index (χ3n) is 13.9. The second kappa shape index (κ2) is 9.06. The van der Waals surface area contributed by atoms with Gasteiger partial charge in [0, 0.05) is 30.6 Å². The number of carbonyl (C=O) groups is 3. The number of hydrogen-bond donors (Lipinski definition) is 0. The second-order valence-electron chi connectivity index (χ2n) is 15.6. The van der Waals surface area contributed by atoms with Crippen LogP contribution in [0.2, 0.25) is 0 Å². The minimum atomic E-state index is -0.202. The zero-order valence-electron chi connectivity index (χ0n) is 25.3. The van der Waals surface area contributed by atoms with E-state index < -0.39 is 0 Å². The molecule has 5 heteroatoms. The number of fused-ring (bicyclic) bond motifs is 7. The van der Waals surface area contributed by atoms with Gasteiger partial charge in [0.1, 0.15) is 11.9 Å². The summed E-state index contributed by atoms with van der Waals surface area (Å²) in [5.74, 6) is 2.05. The molecule has 0 aromatic heterocycles. The molecular formula is C33H52O5. The topological polar surface area (TPSA) is 69.7 Å². The van der Waals surface area contributed by atoms with E-state index in [0.717, 1.165) is 38.5 Å². The van der Waals surface area contributed by atoms with Crippen LogP contribution < -0.4 is 0 Å². The molecule has 10 unspecified atom stereocenters. The molecule has 0 aromatic carbocycles. The molecule has 10 atom stereocenters. The lowest BCUT2D eigenvalue weighted by atomic mass is 9.32. The average molecular weight is 529 g/mol. The Morgan fingerprint density at radius 1 is 0.711 bits per heavy atom. The van der Waals surface area contributed by atoms with Crippen LogP contribution in [-0.2, 0) is 23.9 Å². The van der Waals surface area contributed by atoms with Crippen molar-refractivity contribution in [2.75, 3.05) is 6.61 Å². The lowest BCUT2D eigenvalue weighted by molar-refractivity contribution is -0.252. The van der Waals surface area contributed by atoms with Crippen molar-refractivity contribution >= 4 is 17.7 Å². The first-order valence-electron chi connectivity index (χ1n) is 15.4. The molecule has 0 radical (unpaired) electrons. The van der Waals surface area contributed by atoms with Gasteiger partial charge in [-0.25, -0.2) is 0 Å². The number of ether oxygens (including phenoxy) is 2. The molecule has 5 aliphatic rings. The van der Waals surface area contributed by atoms with Gasteiger partial charge >= 0.3 is 11.9 Å². The molecule has 0 spiro atoms. The summed E-state index contributed by atoms with van der Waals surface area (Å²) in [6.07, 6.45) is 11.0. The predicted molar refractivity (Wildman–Crippen MR) is 147 cm³/mol. The van der Waals surface area contributed by atoms with E-state index >= 15 is 0 Å². The van der Waals surface area contributed by atoms with Gasteiger partial charge in [0.2, 0.25) is 0 Å². The zero-order chi connectivity index (χ0) is 27.9. The molecule has 5 aliphatic carbocycles. The summed E-state index contributed by atoms with van der Waals surface area (Å²) in [5, 5.41) is 0. The van der Waals surface area contributed by atoms with Gasteiger partial charge in [0.15, 0.2) is 0 Å². The highest BCUT2D eigenvalue weighted by Gasteiger charge is 2.71. The van der Waals surface area contributed by atoms with Crippen LogP contribution in [0.1, 0.15) is 120 Å². The Kier molecular flexibility index (Phi) is 6.71. The van der Waals surface area contributed by atoms with Crippen LogP contribution >= 0.6 is 0 Å². The second-order valence-corrected chi connectivity index (χ2v) is 15.6. The molecule has 5 rings (SSSR count). The smallest absolute Gasteiger partial charge is 0.302 e. The van der Waals surface area contributed by atoms with Gasteiger partial charge in [0.25, 0.3) is 0 Å². The van der Waals surface area contributed by atoms with Gasteiger partial charge in [-0.1, -0.05) is 34.6 Å². The monoisotopic (exact) mass is 528 g/mol. The highest BCUT2D eigenvalue weighted by molar-refractivity contribution is 5.79. The van der Waals surface area contributed by atoms with Crippen molar-refractivity contribution < 1.29 is 23.9 Å². The first-order chi connectivity index (χ1) is 17.6. The molecule has 0 amide bonds. The van der Waals surface area contributed by atoms with Crippen molar-refractivity contribution in [1.29, 1.82) is 0 Å². The zero-order valence-corrected chi connectivity index (χ0v) is 25.3. The van der Waals surface area contributed by atoms with E-state index in [1.165, 1.54) is 32.6 Å². The largest absolute Gasteiger partial charge is 0.465 e. The van der Waals surface area contributed by atoms with E-state index in [0.29, 0.717) is 36.1 Å². The SMILES string of the molecule is CC(=O)OCC12CCC(C(C)=O)C1C1CCC3C4(C)CCC(OC(C)=O)C(C)(C)C4CCC3(C)C1(C)CC2. The van der Waals surface area contributed by atoms with Crippen LogP contribution in [-0.4, -0.2) is 30.4 Å². The van der Waals surface area contributed by atoms with E-state index in [9.17, 15) is 14.4 Å². The van der Waals surface area contributed by atoms with Gasteiger partial charge in [-0.3, -0.25) is 14.4 Å². The Balaban J connectivity index is 1.49. The molecule has 0 aromatic rings. The van der Waals surface area contributed by atoms with E-state index in [-0.39, 0.29) is 51.0 Å². The number of hydrogen-bond acceptors (Lipinski definition) is 5. The van der Waals surface area contributed by atoms with Crippen molar-refractivity contribution in [3.05, 3.63) is 0 Å². The maximum Gasteiger partial charge on any atom is 0.302 e. The van der Waals surface area contributed by atoms with Crippen LogP contribution in [0.25, 0.3) is 0 Å². The number of rotatable bonds is 4. The molecule has 5 fully saturated rings. The van der Waals surface area contributed by atoms with Gasteiger partial charge in [0.05, 0.1) is 6.61 Å². The molecule has 38 heavy (non-hydrogen) atoms. The first-order valence-corrected chi connectivity index (χ1v) is 15.4. The van der Waals surface area contributed by atoms with Crippen molar-refractivity contribution in [3.8, 4) is 0 Å². The Bertz CT molecular complexity index is 1000. The fourth-order valence-corrected chi connectivity index (χ4v) is 12.1. The highest BCUT2D eigenvalue weighted by atomic mass is 16.5. The van der Waals surface area contributed by atoms with Crippen molar-refractivity contribution in [2.24, 2.45) is 56.7 Å². The van der Waals surface area contributed by atoms with Gasteiger partial charge < -0.3 is 9.47 Å². The first kappa shape index (κ1) is 28.1. The van der Waals surface area contributed by atoms with E-state index in [1.54, 1.807) is 13.8 Å². The molecular weight excluding hydrogens is 476 g/mol. The van der Waals surface area contributed by atoms with Crippen molar-refractivity contribution in [3.63, 3.8) is 0 Å². The molecule has 0 saturated heterocycles. The van der Waals surface area contributed by atoms with Crippen LogP contribution in [0.15, 0.2) is 0 Å². The van der Waals surface area contributed by atoms with Crippen molar-refractivity contribution in [1.82, 2.24) is 0 Å². The molecule has 0 bridgehead atoms. The molecule has 0 aliphatic heterocycles. The minimum Gasteiger partial charge on any atom is -0.465 e. The Hall–Kier alpha value is -1.39. The maximum atomic E-state index is 13.0. The van der Waals surface area contributed by atoms with Crippen LogP contribution in [0.5, 0.6) is 0 Å². The molecule has 5 saturated carbocycles. The summed E-state index contributed by atoms with van der Waals surface area (Å²) in [6, 6.07) is 0. The summed E-state index contributed by atoms with van der Waals surface area (Å²) >= 11 is 0. The fraction of sp³-hybridized carbons (Fsp3) is 0.909. The van der Waals surface area contributed by atoms with Crippen LogP contribution in [0.3, 0.4) is 0 Å². The summed E-state index contributed by atoms with van der Waals surface area (Å²) in [7, 11) is 0. The third-order valence-corrected chi connectivity index (χ3v) is 13.9.